The van der Waals surface area contributed by atoms with Crippen molar-refractivity contribution in [3.63, 3.8) is 0 Å². The molecular formula is C34H38N2O3P+. The summed E-state index contributed by atoms with van der Waals surface area (Å²) in [6.07, 6.45) is 2.10. The molecule has 4 aromatic carbocycles. The molecule has 0 aliphatic carbocycles. The minimum atomic E-state index is -2.03. The Hall–Kier alpha value is -3.79. The number of nitrogens with one attached hydrogen (secondary N) is 2. The number of hydrogen-bond acceptors (Lipinski definition) is 3. The first-order valence-electron chi connectivity index (χ1n) is 13.9. The number of carbonyl (C=O) groups is 2. The second kappa shape index (κ2) is 15.1. The first-order chi connectivity index (χ1) is 19.6. The fraction of sp³-hybridized carbons (Fsp3) is 0.235. The van der Waals surface area contributed by atoms with Gasteiger partial charge in [0.1, 0.15) is 23.2 Å². The number of hydrogen-bond donors (Lipinski definition) is 2. The number of carbonyl (C=O) groups excluding carboxylic acids is 2. The van der Waals surface area contributed by atoms with E-state index in [9.17, 15) is 9.59 Å². The summed E-state index contributed by atoms with van der Waals surface area (Å²) in [5.74, 6) is -0.0961. The summed E-state index contributed by atoms with van der Waals surface area (Å²) in [5, 5.41) is 9.70. The normalized spacial score (nSPS) is 11.1. The largest absolute Gasteiger partial charge is 0.378 e. The monoisotopic (exact) mass is 553 g/mol. The molecule has 0 fully saturated rings. The van der Waals surface area contributed by atoms with Gasteiger partial charge in [0.2, 0.25) is 5.91 Å². The molecule has 0 atom stereocenters. The Morgan fingerprint density at radius 2 is 1.12 bits per heavy atom. The van der Waals surface area contributed by atoms with Gasteiger partial charge in [0.15, 0.2) is 0 Å². The highest BCUT2D eigenvalue weighted by molar-refractivity contribution is 7.95. The summed E-state index contributed by atoms with van der Waals surface area (Å²) in [6, 6.07) is 39.4. The molecule has 0 saturated carbocycles. The van der Waals surface area contributed by atoms with Crippen molar-refractivity contribution in [3.05, 3.63) is 126 Å². The van der Waals surface area contributed by atoms with Crippen LogP contribution in [0.4, 0.5) is 0 Å². The molecule has 5 nitrogen and oxygen atoms in total. The van der Waals surface area contributed by atoms with Crippen molar-refractivity contribution in [2.45, 2.75) is 19.8 Å². The zero-order valence-corrected chi connectivity index (χ0v) is 24.0. The van der Waals surface area contributed by atoms with Gasteiger partial charge in [-0.1, -0.05) is 73.7 Å². The van der Waals surface area contributed by atoms with E-state index < -0.39 is 7.26 Å². The zero-order valence-electron chi connectivity index (χ0n) is 23.1. The van der Waals surface area contributed by atoms with Gasteiger partial charge in [-0.2, -0.15) is 0 Å². The summed E-state index contributed by atoms with van der Waals surface area (Å²) in [4.78, 5) is 25.2. The molecule has 206 valence electrons. The Bertz CT molecular complexity index is 1230. The predicted molar refractivity (Wildman–Crippen MR) is 167 cm³/mol. The molecule has 0 bridgehead atoms. The maximum Gasteiger partial charge on any atom is 0.251 e. The van der Waals surface area contributed by atoms with E-state index in [1.807, 2.05) is 42.5 Å². The van der Waals surface area contributed by atoms with Gasteiger partial charge in [0.25, 0.3) is 5.91 Å². The first kappa shape index (κ1) is 29.2. The summed E-state index contributed by atoms with van der Waals surface area (Å²) in [7, 11) is -2.03. The van der Waals surface area contributed by atoms with Crippen LogP contribution < -0.4 is 26.5 Å². The topological polar surface area (TPSA) is 67.4 Å². The molecule has 6 heteroatoms. The number of aryl methyl sites for hydroxylation is 1. The molecule has 0 radical (unpaired) electrons. The number of rotatable bonds is 14. The number of ether oxygens (including phenoxy) is 1. The molecule has 40 heavy (non-hydrogen) atoms. The highest BCUT2D eigenvalue weighted by Gasteiger charge is 2.45. The van der Waals surface area contributed by atoms with Crippen LogP contribution in [0, 0.1) is 0 Å². The van der Waals surface area contributed by atoms with Gasteiger partial charge in [0, 0.05) is 18.7 Å². The van der Waals surface area contributed by atoms with Crippen LogP contribution in [0.2, 0.25) is 0 Å². The van der Waals surface area contributed by atoms with Crippen LogP contribution in [0.25, 0.3) is 0 Å². The average molecular weight is 554 g/mol. The smallest absolute Gasteiger partial charge is 0.251 e. The molecule has 0 aliphatic rings. The van der Waals surface area contributed by atoms with E-state index >= 15 is 0 Å². The SMILES string of the molecule is CCc1ccc(C(=O)NCCOCCNC(=O)CC[P+](c2ccccc2)(c2ccccc2)c2ccccc2)cc1. The standard InChI is InChI=1S/C34H37N2O3P/c1-2-28-18-20-29(21-19-28)34(38)36-24-26-39-25-23-35-33(37)22-27-40(30-12-6-3-7-13-30,31-14-8-4-9-15-31)32-16-10-5-11-17-32/h3-21H,2,22-27H2,1H3,(H-,35,36,37,38)/p+1. The van der Waals surface area contributed by atoms with Crippen LogP contribution in [-0.4, -0.2) is 44.3 Å². The van der Waals surface area contributed by atoms with Crippen molar-refractivity contribution >= 4 is 35.0 Å². The lowest BCUT2D eigenvalue weighted by Crippen LogP contribution is -2.36. The van der Waals surface area contributed by atoms with Crippen LogP contribution in [0.1, 0.15) is 29.3 Å². The summed E-state index contributed by atoms with van der Waals surface area (Å²) < 4.78 is 5.64. The lowest BCUT2D eigenvalue weighted by Gasteiger charge is -2.27. The molecule has 4 rings (SSSR count). The van der Waals surface area contributed by atoms with Gasteiger partial charge in [0.05, 0.1) is 25.8 Å². The maximum atomic E-state index is 13.0. The van der Waals surface area contributed by atoms with Crippen molar-refractivity contribution in [2.75, 3.05) is 32.5 Å². The highest BCUT2D eigenvalue weighted by atomic mass is 31.2. The molecular weight excluding hydrogens is 515 g/mol. The summed E-state index contributed by atoms with van der Waals surface area (Å²) in [6.45, 7) is 3.71. The summed E-state index contributed by atoms with van der Waals surface area (Å²) >= 11 is 0. The zero-order chi connectivity index (χ0) is 28.0. The van der Waals surface area contributed by atoms with Gasteiger partial charge in [-0.3, -0.25) is 9.59 Å². The van der Waals surface area contributed by atoms with E-state index in [1.165, 1.54) is 21.5 Å². The fourth-order valence-electron chi connectivity index (χ4n) is 4.83. The molecule has 2 N–H and O–H groups in total. The molecule has 2 amide bonds. The van der Waals surface area contributed by atoms with Gasteiger partial charge >= 0.3 is 0 Å². The van der Waals surface area contributed by atoms with Crippen molar-refractivity contribution in [3.8, 4) is 0 Å². The third-order valence-corrected chi connectivity index (χ3v) is 11.4. The van der Waals surface area contributed by atoms with E-state index in [0.29, 0.717) is 38.3 Å². The predicted octanol–water partition coefficient (Wildman–Crippen LogP) is 4.50. The maximum absolute atomic E-state index is 13.0. The van der Waals surface area contributed by atoms with Crippen LogP contribution in [-0.2, 0) is 16.0 Å². The van der Waals surface area contributed by atoms with Crippen LogP contribution in [0.5, 0.6) is 0 Å². The van der Waals surface area contributed by atoms with Crippen molar-refractivity contribution < 1.29 is 14.3 Å². The Kier molecular flexibility index (Phi) is 11.0. The Morgan fingerprint density at radius 3 is 1.60 bits per heavy atom. The molecule has 0 aromatic heterocycles. The van der Waals surface area contributed by atoms with E-state index in [2.05, 4.69) is 90.4 Å². The van der Waals surface area contributed by atoms with E-state index in [1.54, 1.807) is 0 Å². The van der Waals surface area contributed by atoms with Gasteiger partial charge in [-0.15, -0.1) is 0 Å². The number of amides is 2. The molecule has 0 unspecified atom stereocenters. The lowest BCUT2D eigenvalue weighted by atomic mass is 10.1. The van der Waals surface area contributed by atoms with Gasteiger partial charge in [-0.05, 0) is 60.5 Å². The van der Waals surface area contributed by atoms with E-state index in [4.69, 9.17) is 4.74 Å². The minimum absolute atomic E-state index is 0.0135. The van der Waals surface area contributed by atoms with Gasteiger partial charge in [-0.25, -0.2) is 0 Å². The average Bonchev–Trinajstić information content (AvgIpc) is 3.02. The molecule has 0 aliphatic heterocycles. The minimum Gasteiger partial charge on any atom is -0.378 e. The third-order valence-electron chi connectivity index (χ3n) is 6.99. The van der Waals surface area contributed by atoms with Crippen molar-refractivity contribution in [1.82, 2.24) is 10.6 Å². The van der Waals surface area contributed by atoms with Gasteiger partial charge < -0.3 is 15.4 Å². The lowest BCUT2D eigenvalue weighted by molar-refractivity contribution is -0.120. The Morgan fingerprint density at radius 1 is 0.650 bits per heavy atom. The Labute approximate surface area is 238 Å². The quantitative estimate of drug-likeness (QED) is 0.179. The molecule has 0 heterocycles. The van der Waals surface area contributed by atoms with E-state index in [0.717, 1.165) is 12.6 Å². The second-order valence-electron chi connectivity index (χ2n) is 9.56. The third kappa shape index (κ3) is 7.65. The fourth-order valence-corrected chi connectivity index (χ4v) is 9.09. The molecule has 0 saturated heterocycles. The molecule has 4 aromatic rings. The van der Waals surface area contributed by atoms with Crippen LogP contribution >= 0.6 is 7.26 Å². The molecule has 0 spiro atoms. The second-order valence-corrected chi connectivity index (χ2v) is 13.2. The Balaban J connectivity index is 1.28. The van der Waals surface area contributed by atoms with Crippen molar-refractivity contribution in [1.29, 1.82) is 0 Å². The van der Waals surface area contributed by atoms with Crippen LogP contribution in [0.3, 0.4) is 0 Å². The summed E-state index contributed by atoms with van der Waals surface area (Å²) in [5.41, 5.74) is 1.85. The van der Waals surface area contributed by atoms with Crippen LogP contribution in [0.15, 0.2) is 115 Å². The highest BCUT2D eigenvalue weighted by Crippen LogP contribution is 2.55. The number of benzene rings is 4. The van der Waals surface area contributed by atoms with E-state index in [-0.39, 0.29) is 11.8 Å². The first-order valence-corrected chi connectivity index (χ1v) is 15.9. The van der Waals surface area contributed by atoms with Crippen molar-refractivity contribution in [2.24, 2.45) is 0 Å².